The fourth-order valence-electron chi connectivity index (χ4n) is 3.12. The predicted octanol–water partition coefficient (Wildman–Crippen LogP) is 2.83. The van der Waals surface area contributed by atoms with Gasteiger partial charge in [0.2, 0.25) is 0 Å². The highest BCUT2D eigenvalue weighted by Gasteiger charge is 2.19. The van der Waals surface area contributed by atoms with E-state index in [1.54, 1.807) is 6.20 Å². The van der Waals surface area contributed by atoms with Crippen molar-refractivity contribution in [2.45, 2.75) is 25.8 Å². The molecule has 1 aromatic carbocycles. The number of nitrogens with one attached hydrogen (secondary N) is 1. The number of aromatic amines is 1. The van der Waals surface area contributed by atoms with E-state index in [0.29, 0.717) is 0 Å². The first kappa shape index (κ1) is 14.1. The molecule has 0 radical (unpaired) electrons. The monoisotopic (exact) mass is 282 g/mol. The van der Waals surface area contributed by atoms with Gasteiger partial charge in [-0.3, -0.25) is 9.69 Å². The number of pyridine rings is 1. The molecule has 0 bridgehead atoms. The first-order valence-electron chi connectivity index (χ1n) is 7.74. The van der Waals surface area contributed by atoms with Crippen molar-refractivity contribution in [1.82, 2.24) is 9.88 Å². The van der Waals surface area contributed by atoms with Crippen molar-refractivity contribution in [2.75, 3.05) is 13.1 Å². The third-order valence-corrected chi connectivity index (χ3v) is 4.37. The van der Waals surface area contributed by atoms with Gasteiger partial charge in [-0.15, -0.1) is 0 Å². The second kappa shape index (κ2) is 6.72. The molecule has 21 heavy (non-hydrogen) atoms. The van der Waals surface area contributed by atoms with Gasteiger partial charge in [-0.25, -0.2) is 0 Å². The van der Waals surface area contributed by atoms with Crippen LogP contribution in [0.25, 0.3) is 0 Å². The number of nitrogens with zero attached hydrogens (tertiary/aromatic N) is 1. The molecule has 0 aliphatic carbocycles. The van der Waals surface area contributed by atoms with Crippen LogP contribution in [-0.4, -0.2) is 23.0 Å². The van der Waals surface area contributed by atoms with E-state index in [1.807, 2.05) is 12.1 Å². The number of piperidine rings is 1. The standard InChI is InChI=1S/C18H22N2O/c21-18-17(7-4-10-19-18)14-20-11-8-16(9-12-20)13-15-5-2-1-3-6-15/h1-7,10,16H,8-9,11-14H2,(H,19,21). The average Bonchev–Trinajstić information content (AvgIpc) is 2.52. The number of hydrogen-bond acceptors (Lipinski definition) is 2. The fourth-order valence-corrected chi connectivity index (χ4v) is 3.12. The zero-order valence-corrected chi connectivity index (χ0v) is 12.3. The summed E-state index contributed by atoms with van der Waals surface area (Å²) in [6.07, 6.45) is 5.32. The highest BCUT2D eigenvalue weighted by Crippen LogP contribution is 2.22. The van der Waals surface area contributed by atoms with Crippen LogP contribution in [0, 0.1) is 5.92 Å². The predicted molar refractivity (Wildman–Crippen MR) is 85.2 cm³/mol. The Labute approximate surface area is 125 Å². The molecule has 3 rings (SSSR count). The Morgan fingerprint density at radius 1 is 1.05 bits per heavy atom. The molecule has 0 amide bonds. The van der Waals surface area contributed by atoms with Crippen molar-refractivity contribution in [3.8, 4) is 0 Å². The fraction of sp³-hybridized carbons (Fsp3) is 0.389. The van der Waals surface area contributed by atoms with Crippen LogP contribution in [-0.2, 0) is 13.0 Å². The molecule has 2 heterocycles. The SMILES string of the molecule is O=c1[nH]cccc1CN1CCC(Cc2ccccc2)CC1. The van der Waals surface area contributed by atoms with Gasteiger partial charge >= 0.3 is 0 Å². The number of rotatable bonds is 4. The summed E-state index contributed by atoms with van der Waals surface area (Å²) in [6.45, 7) is 2.95. The zero-order valence-electron chi connectivity index (χ0n) is 12.3. The summed E-state index contributed by atoms with van der Waals surface area (Å²) in [5.41, 5.74) is 2.36. The zero-order chi connectivity index (χ0) is 14.5. The topological polar surface area (TPSA) is 36.1 Å². The first-order chi connectivity index (χ1) is 10.3. The summed E-state index contributed by atoms with van der Waals surface area (Å²) in [5, 5.41) is 0. The van der Waals surface area contributed by atoms with Gasteiger partial charge in [0.05, 0.1) is 0 Å². The molecule has 3 heteroatoms. The van der Waals surface area contributed by atoms with Crippen LogP contribution in [0.4, 0.5) is 0 Å². The second-order valence-corrected chi connectivity index (χ2v) is 5.93. The van der Waals surface area contributed by atoms with Crippen molar-refractivity contribution < 1.29 is 0 Å². The molecule has 0 spiro atoms. The molecule has 0 atom stereocenters. The first-order valence-corrected chi connectivity index (χ1v) is 7.74. The van der Waals surface area contributed by atoms with E-state index in [-0.39, 0.29) is 5.56 Å². The number of likely N-dealkylation sites (tertiary alicyclic amines) is 1. The van der Waals surface area contributed by atoms with Gasteiger partial charge in [0.1, 0.15) is 0 Å². The van der Waals surface area contributed by atoms with Gasteiger partial charge in [-0.05, 0) is 49.9 Å². The highest BCUT2D eigenvalue weighted by atomic mass is 16.1. The molecule has 2 aromatic rings. The maximum Gasteiger partial charge on any atom is 0.252 e. The molecule has 110 valence electrons. The van der Waals surface area contributed by atoms with Gasteiger partial charge in [0.15, 0.2) is 0 Å². The Balaban J connectivity index is 1.51. The Morgan fingerprint density at radius 3 is 2.52 bits per heavy atom. The lowest BCUT2D eigenvalue weighted by molar-refractivity contribution is 0.176. The molecule has 1 aliphatic heterocycles. The minimum absolute atomic E-state index is 0.0453. The lowest BCUT2D eigenvalue weighted by Gasteiger charge is -2.31. The van der Waals surface area contributed by atoms with Crippen LogP contribution >= 0.6 is 0 Å². The summed E-state index contributed by atoms with van der Waals surface area (Å²) >= 11 is 0. The Morgan fingerprint density at radius 2 is 1.81 bits per heavy atom. The molecular weight excluding hydrogens is 260 g/mol. The largest absolute Gasteiger partial charge is 0.329 e. The van der Waals surface area contributed by atoms with Crippen molar-refractivity contribution in [3.05, 3.63) is 70.1 Å². The van der Waals surface area contributed by atoms with E-state index in [1.165, 1.54) is 24.8 Å². The van der Waals surface area contributed by atoms with Crippen LogP contribution in [0.15, 0.2) is 53.5 Å². The minimum atomic E-state index is 0.0453. The molecule has 1 aliphatic rings. The van der Waals surface area contributed by atoms with Crippen LogP contribution in [0.1, 0.15) is 24.0 Å². The molecular formula is C18H22N2O. The van der Waals surface area contributed by atoms with E-state index in [2.05, 4.69) is 40.2 Å². The van der Waals surface area contributed by atoms with Gasteiger partial charge in [0.25, 0.3) is 5.56 Å². The maximum atomic E-state index is 11.7. The molecule has 1 N–H and O–H groups in total. The maximum absolute atomic E-state index is 11.7. The molecule has 0 unspecified atom stereocenters. The highest BCUT2D eigenvalue weighted by molar-refractivity contribution is 5.15. The van der Waals surface area contributed by atoms with Crippen LogP contribution in [0.2, 0.25) is 0 Å². The lowest BCUT2D eigenvalue weighted by atomic mass is 9.90. The average molecular weight is 282 g/mol. The molecule has 3 nitrogen and oxygen atoms in total. The van der Waals surface area contributed by atoms with E-state index in [0.717, 1.165) is 31.1 Å². The quantitative estimate of drug-likeness (QED) is 0.936. The minimum Gasteiger partial charge on any atom is -0.329 e. The third-order valence-electron chi connectivity index (χ3n) is 4.37. The molecule has 1 saturated heterocycles. The number of benzene rings is 1. The Hall–Kier alpha value is -1.87. The second-order valence-electron chi connectivity index (χ2n) is 5.93. The Kier molecular flexibility index (Phi) is 4.51. The van der Waals surface area contributed by atoms with Gasteiger partial charge in [-0.2, -0.15) is 0 Å². The number of hydrogen-bond donors (Lipinski definition) is 1. The van der Waals surface area contributed by atoms with E-state index in [4.69, 9.17) is 0 Å². The molecule has 1 aromatic heterocycles. The van der Waals surface area contributed by atoms with Crippen molar-refractivity contribution >= 4 is 0 Å². The van der Waals surface area contributed by atoms with Crippen molar-refractivity contribution in [2.24, 2.45) is 5.92 Å². The lowest BCUT2D eigenvalue weighted by Crippen LogP contribution is -2.35. The smallest absolute Gasteiger partial charge is 0.252 e. The Bertz CT molecular complexity index is 612. The van der Waals surface area contributed by atoms with E-state index in [9.17, 15) is 4.79 Å². The summed E-state index contributed by atoms with van der Waals surface area (Å²) in [4.78, 5) is 16.9. The normalized spacial score (nSPS) is 17.0. The summed E-state index contributed by atoms with van der Waals surface area (Å²) in [5.74, 6) is 0.776. The third kappa shape index (κ3) is 3.82. The van der Waals surface area contributed by atoms with Crippen LogP contribution < -0.4 is 5.56 Å². The molecule has 0 saturated carbocycles. The van der Waals surface area contributed by atoms with Gasteiger partial charge in [0, 0.05) is 18.3 Å². The van der Waals surface area contributed by atoms with E-state index < -0.39 is 0 Å². The van der Waals surface area contributed by atoms with Crippen LogP contribution in [0.5, 0.6) is 0 Å². The van der Waals surface area contributed by atoms with Gasteiger partial charge in [-0.1, -0.05) is 36.4 Å². The van der Waals surface area contributed by atoms with Gasteiger partial charge < -0.3 is 4.98 Å². The summed E-state index contributed by atoms with van der Waals surface area (Å²) < 4.78 is 0. The summed E-state index contributed by atoms with van der Waals surface area (Å²) in [7, 11) is 0. The van der Waals surface area contributed by atoms with E-state index >= 15 is 0 Å². The van der Waals surface area contributed by atoms with Crippen LogP contribution in [0.3, 0.4) is 0 Å². The number of H-pyrrole nitrogens is 1. The van der Waals surface area contributed by atoms with Crippen molar-refractivity contribution in [1.29, 1.82) is 0 Å². The number of aromatic nitrogens is 1. The van der Waals surface area contributed by atoms with Crippen molar-refractivity contribution in [3.63, 3.8) is 0 Å². The summed E-state index contributed by atoms with van der Waals surface area (Å²) in [6, 6.07) is 14.6. The molecule has 1 fully saturated rings.